The van der Waals surface area contributed by atoms with Crippen molar-refractivity contribution in [3.8, 4) is 0 Å². The molecule has 1 aromatic carbocycles. The lowest BCUT2D eigenvalue weighted by atomic mass is 9.98. The first-order valence-electron chi connectivity index (χ1n) is 7.61. The Morgan fingerprint density at radius 3 is 2.86 bits per heavy atom. The average molecular weight is 311 g/mol. The highest BCUT2D eigenvalue weighted by Crippen LogP contribution is 2.23. The number of hydrogen-bond donors (Lipinski definition) is 2. The molecule has 0 atom stereocenters. The zero-order valence-corrected chi connectivity index (χ0v) is 13.0. The number of nitrogens with one attached hydrogen (secondary N) is 1. The summed E-state index contributed by atoms with van der Waals surface area (Å²) in [5.74, 6) is -0.0591. The molecule has 0 saturated heterocycles. The predicted octanol–water partition coefficient (Wildman–Crippen LogP) is 3.99. The van der Waals surface area contributed by atoms with E-state index in [1.165, 1.54) is 19.3 Å². The summed E-state index contributed by atoms with van der Waals surface area (Å²) in [4.78, 5) is 11.9. The number of carbonyl (C=O) groups is 1. The van der Waals surface area contributed by atoms with Crippen LogP contribution in [0.25, 0.3) is 0 Å². The molecule has 1 aliphatic rings. The Morgan fingerprint density at radius 1 is 1.33 bits per heavy atom. The lowest BCUT2D eigenvalue weighted by molar-refractivity contribution is -0.116. The molecule has 0 unspecified atom stereocenters. The number of nitrogens with two attached hydrogens (primary N) is 1. The maximum Gasteiger partial charge on any atom is 0.224 e. The standard InChI is InChI=1S/C16H23ClN2O2/c17-12-8-9-14(18)15(11-12)19-16(20)7-4-10-21-13-5-2-1-3-6-13/h8-9,11,13H,1-7,10,18H2,(H,19,20). The van der Waals surface area contributed by atoms with E-state index in [9.17, 15) is 4.79 Å². The first kappa shape index (κ1) is 16.1. The van der Waals surface area contributed by atoms with Gasteiger partial charge in [0.25, 0.3) is 0 Å². The second kappa shape index (κ2) is 8.25. The summed E-state index contributed by atoms with van der Waals surface area (Å²) in [6.45, 7) is 0.642. The maximum absolute atomic E-state index is 11.9. The highest BCUT2D eigenvalue weighted by molar-refractivity contribution is 6.31. The van der Waals surface area contributed by atoms with Crippen LogP contribution in [-0.2, 0) is 9.53 Å². The van der Waals surface area contributed by atoms with E-state index in [2.05, 4.69) is 5.32 Å². The molecule has 1 aliphatic carbocycles. The number of nitrogen functional groups attached to an aromatic ring is 1. The summed E-state index contributed by atoms with van der Waals surface area (Å²) in [5, 5.41) is 3.34. The van der Waals surface area contributed by atoms with E-state index >= 15 is 0 Å². The molecule has 0 bridgehead atoms. The van der Waals surface area contributed by atoms with Gasteiger partial charge in [0.05, 0.1) is 17.5 Å². The van der Waals surface area contributed by atoms with Crippen molar-refractivity contribution in [2.24, 2.45) is 0 Å². The fraction of sp³-hybridized carbons (Fsp3) is 0.562. The Bertz CT molecular complexity index is 473. The van der Waals surface area contributed by atoms with Gasteiger partial charge in [-0.3, -0.25) is 4.79 Å². The van der Waals surface area contributed by atoms with Gasteiger partial charge in [-0.25, -0.2) is 0 Å². The number of carbonyl (C=O) groups excluding carboxylic acids is 1. The van der Waals surface area contributed by atoms with Gasteiger partial charge >= 0.3 is 0 Å². The fourth-order valence-electron chi connectivity index (χ4n) is 2.56. The summed E-state index contributed by atoms with van der Waals surface area (Å²) in [5.41, 5.74) is 6.88. The molecule has 2 rings (SSSR count). The zero-order valence-electron chi connectivity index (χ0n) is 12.2. The molecule has 1 fully saturated rings. The van der Waals surface area contributed by atoms with Gasteiger partial charge in [0.15, 0.2) is 0 Å². The van der Waals surface area contributed by atoms with Crippen molar-refractivity contribution in [1.29, 1.82) is 0 Å². The number of rotatable bonds is 6. The van der Waals surface area contributed by atoms with Gasteiger partial charge in [0.2, 0.25) is 5.91 Å². The van der Waals surface area contributed by atoms with E-state index in [1.807, 2.05) is 0 Å². The first-order valence-corrected chi connectivity index (χ1v) is 7.99. The quantitative estimate of drug-likeness (QED) is 0.617. The van der Waals surface area contributed by atoms with Crippen molar-refractivity contribution in [3.05, 3.63) is 23.2 Å². The highest BCUT2D eigenvalue weighted by Gasteiger charge is 2.13. The molecule has 1 amide bonds. The third-order valence-electron chi connectivity index (χ3n) is 3.74. The molecule has 116 valence electrons. The van der Waals surface area contributed by atoms with Crippen LogP contribution in [0.2, 0.25) is 5.02 Å². The maximum atomic E-state index is 11.9. The van der Waals surface area contributed by atoms with Crippen molar-refractivity contribution in [2.75, 3.05) is 17.7 Å². The van der Waals surface area contributed by atoms with Crippen molar-refractivity contribution in [1.82, 2.24) is 0 Å². The molecule has 4 nitrogen and oxygen atoms in total. The first-order chi connectivity index (χ1) is 10.1. The normalized spacial score (nSPS) is 15.9. The Morgan fingerprint density at radius 2 is 2.10 bits per heavy atom. The molecule has 0 spiro atoms. The molecule has 1 saturated carbocycles. The van der Waals surface area contributed by atoms with Crippen LogP contribution < -0.4 is 11.1 Å². The van der Waals surface area contributed by atoms with Crippen LogP contribution >= 0.6 is 11.6 Å². The van der Waals surface area contributed by atoms with E-state index in [0.29, 0.717) is 35.5 Å². The van der Waals surface area contributed by atoms with E-state index < -0.39 is 0 Å². The predicted molar refractivity (Wildman–Crippen MR) is 86.6 cm³/mol. The molecular weight excluding hydrogens is 288 g/mol. The van der Waals surface area contributed by atoms with E-state index in [1.54, 1.807) is 18.2 Å². The van der Waals surface area contributed by atoms with Crippen LogP contribution in [0.3, 0.4) is 0 Å². The third kappa shape index (κ3) is 5.56. The van der Waals surface area contributed by atoms with Crippen molar-refractivity contribution in [2.45, 2.75) is 51.0 Å². The number of ether oxygens (including phenoxy) is 1. The second-order valence-electron chi connectivity index (χ2n) is 5.51. The van der Waals surface area contributed by atoms with Crippen LogP contribution in [0.5, 0.6) is 0 Å². The van der Waals surface area contributed by atoms with Crippen LogP contribution in [0, 0.1) is 0 Å². The monoisotopic (exact) mass is 310 g/mol. The van der Waals surface area contributed by atoms with Gasteiger partial charge in [-0.2, -0.15) is 0 Å². The molecule has 1 aromatic rings. The highest BCUT2D eigenvalue weighted by atomic mass is 35.5. The molecule has 0 radical (unpaired) electrons. The summed E-state index contributed by atoms with van der Waals surface area (Å²) in [7, 11) is 0. The summed E-state index contributed by atoms with van der Waals surface area (Å²) < 4.78 is 5.80. The van der Waals surface area contributed by atoms with Gasteiger partial charge < -0.3 is 15.8 Å². The average Bonchev–Trinajstić information content (AvgIpc) is 2.48. The van der Waals surface area contributed by atoms with Crippen molar-refractivity contribution < 1.29 is 9.53 Å². The third-order valence-corrected chi connectivity index (χ3v) is 3.98. The lowest BCUT2D eigenvalue weighted by Gasteiger charge is -2.21. The Labute approximate surface area is 131 Å². The smallest absolute Gasteiger partial charge is 0.224 e. The largest absolute Gasteiger partial charge is 0.397 e. The van der Waals surface area contributed by atoms with Gasteiger partial charge in [-0.15, -0.1) is 0 Å². The van der Waals surface area contributed by atoms with E-state index in [0.717, 1.165) is 19.3 Å². The number of amides is 1. The minimum absolute atomic E-state index is 0.0591. The van der Waals surface area contributed by atoms with Crippen LogP contribution in [-0.4, -0.2) is 18.6 Å². The Balaban J connectivity index is 1.66. The van der Waals surface area contributed by atoms with Gasteiger partial charge in [0, 0.05) is 18.1 Å². The van der Waals surface area contributed by atoms with Gasteiger partial charge in [-0.1, -0.05) is 30.9 Å². The van der Waals surface area contributed by atoms with E-state index in [-0.39, 0.29) is 5.91 Å². The molecule has 0 aliphatic heterocycles. The Kier molecular flexibility index (Phi) is 6.33. The molecule has 21 heavy (non-hydrogen) atoms. The van der Waals surface area contributed by atoms with Gasteiger partial charge in [-0.05, 0) is 37.5 Å². The van der Waals surface area contributed by atoms with Crippen LogP contribution in [0.4, 0.5) is 11.4 Å². The summed E-state index contributed by atoms with van der Waals surface area (Å²) in [6, 6.07) is 5.04. The second-order valence-corrected chi connectivity index (χ2v) is 5.95. The molecule has 5 heteroatoms. The Hall–Kier alpha value is -1.26. The molecular formula is C16H23ClN2O2. The minimum atomic E-state index is -0.0591. The number of benzene rings is 1. The van der Waals surface area contributed by atoms with Crippen molar-refractivity contribution in [3.63, 3.8) is 0 Å². The van der Waals surface area contributed by atoms with Crippen LogP contribution in [0.1, 0.15) is 44.9 Å². The number of anilines is 2. The number of halogens is 1. The van der Waals surface area contributed by atoms with Crippen molar-refractivity contribution >= 4 is 28.9 Å². The molecule has 3 N–H and O–H groups in total. The SMILES string of the molecule is Nc1ccc(Cl)cc1NC(=O)CCCOC1CCCCC1. The summed E-state index contributed by atoms with van der Waals surface area (Å²) >= 11 is 5.89. The molecule has 0 heterocycles. The zero-order chi connectivity index (χ0) is 15.1. The number of hydrogen-bond acceptors (Lipinski definition) is 3. The van der Waals surface area contributed by atoms with Gasteiger partial charge in [0.1, 0.15) is 0 Å². The van der Waals surface area contributed by atoms with E-state index in [4.69, 9.17) is 22.1 Å². The fourth-order valence-corrected chi connectivity index (χ4v) is 2.74. The van der Waals surface area contributed by atoms with Crippen LogP contribution in [0.15, 0.2) is 18.2 Å². The lowest BCUT2D eigenvalue weighted by Crippen LogP contribution is -2.18. The summed E-state index contributed by atoms with van der Waals surface area (Å²) in [6.07, 6.45) is 7.71. The molecule has 0 aromatic heterocycles. The minimum Gasteiger partial charge on any atom is -0.397 e. The topological polar surface area (TPSA) is 64.3 Å².